The summed E-state index contributed by atoms with van der Waals surface area (Å²) in [4.78, 5) is 10.8. The maximum Gasteiger partial charge on any atom is 0.309 e. The Morgan fingerprint density at radius 2 is 2.38 bits per heavy atom. The van der Waals surface area contributed by atoms with E-state index in [1.54, 1.807) is 36.9 Å². The summed E-state index contributed by atoms with van der Waals surface area (Å²) in [5.41, 5.74) is -0.644. The first kappa shape index (κ1) is 10.6. The van der Waals surface area contributed by atoms with Gasteiger partial charge >= 0.3 is 5.97 Å². The fraction of sp³-hybridized carbons (Fsp3) is 0.444. The van der Waals surface area contributed by atoms with Gasteiger partial charge in [-0.3, -0.25) is 4.79 Å². The van der Waals surface area contributed by atoms with E-state index in [1.807, 2.05) is 17.5 Å². The zero-order valence-electron chi connectivity index (χ0n) is 7.61. The average Bonchev–Trinajstić information content (AvgIpc) is 2.52. The van der Waals surface area contributed by atoms with Crippen LogP contribution in [0.2, 0.25) is 0 Å². The van der Waals surface area contributed by atoms with Crippen molar-refractivity contribution in [1.82, 2.24) is 0 Å². The van der Waals surface area contributed by atoms with Gasteiger partial charge in [0.1, 0.15) is 0 Å². The molecular formula is C9H12O2S2. The molecule has 1 rings (SSSR count). The smallest absolute Gasteiger partial charge is 0.309 e. The van der Waals surface area contributed by atoms with Crippen LogP contribution >= 0.6 is 23.1 Å². The molecule has 0 spiro atoms. The number of aliphatic carboxylic acids is 1. The molecule has 0 fully saturated rings. The van der Waals surface area contributed by atoms with Crippen LogP contribution in [0.25, 0.3) is 0 Å². The molecule has 0 aliphatic carbocycles. The quantitative estimate of drug-likeness (QED) is 0.786. The summed E-state index contributed by atoms with van der Waals surface area (Å²) in [5, 5.41) is 10.9. The van der Waals surface area contributed by atoms with Gasteiger partial charge in [0.25, 0.3) is 0 Å². The fourth-order valence-electron chi connectivity index (χ4n) is 0.659. The van der Waals surface area contributed by atoms with Crippen LogP contribution in [0.4, 0.5) is 0 Å². The predicted octanol–water partition coefficient (Wildman–Crippen LogP) is 2.95. The second-order valence-electron chi connectivity index (χ2n) is 3.41. The Kier molecular flexibility index (Phi) is 3.39. The van der Waals surface area contributed by atoms with Crippen molar-refractivity contribution in [3.05, 3.63) is 17.5 Å². The highest BCUT2D eigenvalue weighted by atomic mass is 32.2. The fourth-order valence-corrected chi connectivity index (χ4v) is 2.52. The lowest BCUT2D eigenvalue weighted by Crippen LogP contribution is -2.26. The van der Waals surface area contributed by atoms with E-state index in [0.717, 1.165) is 0 Å². The molecule has 0 aliphatic heterocycles. The number of thioether (sulfide) groups is 1. The van der Waals surface area contributed by atoms with Gasteiger partial charge in [0.05, 0.1) is 9.62 Å². The number of hydrogen-bond acceptors (Lipinski definition) is 3. The van der Waals surface area contributed by atoms with Crippen molar-refractivity contribution in [2.24, 2.45) is 5.41 Å². The van der Waals surface area contributed by atoms with Crippen LogP contribution in [-0.4, -0.2) is 16.8 Å². The van der Waals surface area contributed by atoms with Crippen LogP contribution < -0.4 is 0 Å². The molecule has 4 heteroatoms. The highest BCUT2D eigenvalue weighted by Gasteiger charge is 2.27. The first-order valence-electron chi connectivity index (χ1n) is 3.92. The SMILES string of the molecule is CC(C)(CSc1cccs1)C(=O)O. The van der Waals surface area contributed by atoms with Gasteiger partial charge in [-0.05, 0) is 25.3 Å². The summed E-state index contributed by atoms with van der Waals surface area (Å²) >= 11 is 3.25. The standard InChI is InChI=1S/C9H12O2S2/c1-9(2,8(10)11)6-13-7-4-3-5-12-7/h3-5H,6H2,1-2H3,(H,10,11). The van der Waals surface area contributed by atoms with E-state index in [1.165, 1.54) is 4.21 Å². The highest BCUT2D eigenvalue weighted by Crippen LogP contribution is 2.30. The summed E-state index contributed by atoms with van der Waals surface area (Å²) in [6.07, 6.45) is 0. The Morgan fingerprint density at radius 3 is 2.85 bits per heavy atom. The molecule has 0 radical (unpaired) electrons. The molecule has 0 bridgehead atoms. The van der Waals surface area contributed by atoms with Crippen LogP contribution in [0.15, 0.2) is 21.7 Å². The van der Waals surface area contributed by atoms with E-state index in [2.05, 4.69) is 0 Å². The Balaban J connectivity index is 2.47. The first-order valence-corrected chi connectivity index (χ1v) is 5.78. The molecule has 13 heavy (non-hydrogen) atoms. The Bertz CT molecular complexity index is 278. The second kappa shape index (κ2) is 4.15. The summed E-state index contributed by atoms with van der Waals surface area (Å²) in [7, 11) is 0. The lowest BCUT2D eigenvalue weighted by atomic mass is 9.97. The minimum Gasteiger partial charge on any atom is -0.481 e. The molecule has 0 atom stereocenters. The lowest BCUT2D eigenvalue weighted by Gasteiger charge is -2.17. The monoisotopic (exact) mass is 216 g/mol. The third-order valence-electron chi connectivity index (χ3n) is 1.65. The van der Waals surface area contributed by atoms with Crippen molar-refractivity contribution in [2.45, 2.75) is 18.1 Å². The van der Waals surface area contributed by atoms with E-state index in [0.29, 0.717) is 5.75 Å². The molecule has 1 N–H and O–H groups in total. The van der Waals surface area contributed by atoms with Gasteiger partial charge in [0, 0.05) is 5.75 Å². The lowest BCUT2D eigenvalue weighted by molar-refractivity contribution is -0.145. The molecular weight excluding hydrogens is 204 g/mol. The van der Waals surface area contributed by atoms with Crippen LogP contribution in [0.1, 0.15) is 13.8 Å². The zero-order chi connectivity index (χ0) is 9.90. The molecule has 0 aromatic carbocycles. The maximum absolute atomic E-state index is 10.8. The number of rotatable bonds is 4. The normalized spacial score (nSPS) is 11.5. The van der Waals surface area contributed by atoms with Crippen LogP contribution in [0.5, 0.6) is 0 Å². The summed E-state index contributed by atoms with van der Waals surface area (Å²) < 4.78 is 1.18. The van der Waals surface area contributed by atoms with Crippen molar-refractivity contribution in [3.63, 3.8) is 0 Å². The zero-order valence-corrected chi connectivity index (χ0v) is 9.24. The Morgan fingerprint density at radius 1 is 1.69 bits per heavy atom. The number of carbonyl (C=O) groups is 1. The first-order chi connectivity index (χ1) is 6.02. The highest BCUT2D eigenvalue weighted by molar-refractivity contribution is 8.01. The van der Waals surface area contributed by atoms with E-state index in [4.69, 9.17) is 5.11 Å². The van der Waals surface area contributed by atoms with Crippen molar-refractivity contribution in [1.29, 1.82) is 0 Å². The largest absolute Gasteiger partial charge is 0.481 e. The van der Waals surface area contributed by atoms with E-state index in [9.17, 15) is 4.79 Å². The number of carboxylic acids is 1. The summed E-state index contributed by atoms with van der Waals surface area (Å²) in [6, 6.07) is 3.98. The van der Waals surface area contributed by atoms with Gasteiger partial charge in [-0.15, -0.1) is 23.1 Å². The van der Waals surface area contributed by atoms with E-state index < -0.39 is 11.4 Å². The molecule has 72 valence electrons. The summed E-state index contributed by atoms with van der Waals surface area (Å²) in [6.45, 7) is 3.49. The molecule has 0 saturated heterocycles. The molecule has 0 amide bonds. The minimum absolute atomic E-state index is 0.614. The number of carboxylic acid groups (broad SMARTS) is 1. The van der Waals surface area contributed by atoms with Crippen molar-refractivity contribution in [2.75, 3.05) is 5.75 Å². The molecule has 1 aromatic heterocycles. The molecule has 1 heterocycles. The van der Waals surface area contributed by atoms with Gasteiger partial charge in [-0.2, -0.15) is 0 Å². The van der Waals surface area contributed by atoms with Crippen molar-refractivity contribution in [3.8, 4) is 0 Å². The molecule has 0 aliphatic rings. The van der Waals surface area contributed by atoms with E-state index >= 15 is 0 Å². The summed E-state index contributed by atoms with van der Waals surface area (Å²) in [5.74, 6) is -0.125. The van der Waals surface area contributed by atoms with Crippen LogP contribution in [-0.2, 0) is 4.79 Å². The molecule has 0 unspecified atom stereocenters. The average molecular weight is 216 g/mol. The maximum atomic E-state index is 10.8. The topological polar surface area (TPSA) is 37.3 Å². The third kappa shape index (κ3) is 3.04. The van der Waals surface area contributed by atoms with Gasteiger partial charge in [0.15, 0.2) is 0 Å². The van der Waals surface area contributed by atoms with Crippen LogP contribution in [0.3, 0.4) is 0 Å². The Hall–Kier alpha value is -0.480. The molecule has 0 saturated carbocycles. The third-order valence-corrected chi connectivity index (χ3v) is 4.24. The van der Waals surface area contributed by atoms with Gasteiger partial charge in [-0.1, -0.05) is 6.07 Å². The number of thiophene rings is 1. The Labute approximate surface area is 86.0 Å². The van der Waals surface area contributed by atoms with Crippen molar-refractivity contribution < 1.29 is 9.90 Å². The second-order valence-corrected chi connectivity index (χ2v) is 5.63. The van der Waals surface area contributed by atoms with E-state index in [-0.39, 0.29) is 0 Å². The number of hydrogen-bond donors (Lipinski definition) is 1. The van der Waals surface area contributed by atoms with Crippen LogP contribution in [0, 0.1) is 5.41 Å². The van der Waals surface area contributed by atoms with Gasteiger partial charge in [-0.25, -0.2) is 0 Å². The minimum atomic E-state index is -0.739. The van der Waals surface area contributed by atoms with Gasteiger partial charge < -0.3 is 5.11 Å². The van der Waals surface area contributed by atoms with Crippen molar-refractivity contribution >= 4 is 29.1 Å². The molecule has 2 nitrogen and oxygen atoms in total. The molecule has 1 aromatic rings. The van der Waals surface area contributed by atoms with Gasteiger partial charge in [0.2, 0.25) is 0 Å². The predicted molar refractivity (Wildman–Crippen MR) is 56.5 cm³/mol.